The third-order valence-electron chi connectivity index (χ3n) is 15.4. The molecule has 3 heteroatoms. The Morgan fingerprint density at radius 2 is 0.859 bits per heavy atom. The van der Waals surface area contributed by atoms with Gasteiger partial charge in [-0.05, 0) is 108 Å². The molecule has 0 saturated heterocycles. The number of fused-ring (bicyclic) bond motifs is 9. The first-order chi connectivity index (χ1) is 34.9. The minimum atomic E-state index is -0.534. The summed E-state index contributed by atoms with van der Waals surface area (Å²) in [7, 11) is 0. The zero-order valence-corrected chi connectivity index (χ0v) is 39.4. The van der Waals surface area contributed by atoms with Gasteiger partial charge in [0.25, 0.3) is 0 Å². The Morgan fingerprint density at radius 3 is 1.62 bits per heavy atom. The van der Waals surface area contributed by atoms with Gasteiger partial charge in [-0.3, -0.25) is 0 Å². The van der Waals surface area contributed by atoms with Gasteiger partial charge in [0.15, 0.2) is 5.82 Å². The molecule has 0 unspecified atom stereocenters. The van der Waals surface area contributed by atoms with Crippen molar-refractivity contribution in [2.24, 2.45) is 0 Å². The highest BCUT2D eigenvalue weighted by Crippen LogP contribution is 2.57. The van der Waals surface area contributed by atoms with Gasteiger partial charge in [-0.1, -0.05) is 226 Å². The third kappa shape index (κ3) is 6.29. The Balaban J connectivity index is 0.918. The van der Waals surface area contributed by atoms with Gasteiger partial charge in [0, 0.05) is 32.9 Å². The Kier molecular flexibility index (Phi) is 9.15. The van der Waals surface area contributed by atoms with Crippen molar-refractivity contribution in [3.63, 3.8) is 0 Å². The van der Waals surface area contributed by atoms with E-state index in [9.17, 15) is 0 Å². The Labute approximate surface area is 413 Å². The Hall–Kier alpha value is -8.92. The molecule has 0 amide bonds. The number of aromatic nitrogens is 2. The van der Waals surface area contributed by atoms with E-state index >= 15 is 0 Å². The lowest BCUT2D eigenvalue weighted by Crippen LogP contribution is -2.28. The van der Waals surface area contributed by atoms with Gasteiger partial charge in [-0.2, -0.15) is 0 Å². The molecule has 3 nitrogen and oxygen atoms in total. The van der Waals surface area contributed by atoms with Gasteiger partial charge >= 0.3 is 0 Å². The van der Waals surface area contributed by atoms with E-state index < -0.39 is 5.41 Å². The Bertz CT molecular complexity index is 4010. The molecule has 0 N–H and O–H groups in total. The first kappa shape index (κ1) is 41.1. The molecule has 0 spiro atoms. The number of hydrogen-bond donors (Lipinski definition) is 0. The topological polar surface area (TPSA) is 38.9 Å². The predicted octanol–water partition coefficient (Wildman–Crippen LogP) is 17.4. The molecule has 2 aliphatic rings. The van der Waals surface area contributed by atoms with Crippen LogP contribution >= 0.6 is 0 Å². The van der Waals surface area contributed by atoms with Crippen LogP contribution in [0.15, 0.2) is 247 Å². The molecule has 0 atom stereocenters. The molecule has 2 aliphatic carbocycles. The van der Waals surface area contributed by atoms with Gasteiger partial charge in [0.2, 0.25) is 0 Å². The monoisotopic (exact) mass is 906 g/mol. The predicted molar refractivity (Wildman–Crippen MR) is 291 cm³/mol. The minimum Gasteiger partial charge on any atom is -0.456 e. The highest BCUT2D eigenvalue weighted by Gasteiger charge is 2.46. The molecule has 0 bridgehead atoms. The third-order valence-corrected chi connectivity index (χ3v) is 15.4. The van der Waals surface area contributed by atoms with Crippen molar-refractivity contribution in [1.29, 1.82) is 0 Å². The summed E-state index contributed by atoms with van der Waals surface area (Å²) in [5, 5.41) is 2.24. The molecule has 12 aromatic rings. The van der Waals surface area contributed by atoms with Crippen LogP contribution in [0.5, 0.6) is 0 Å². The molecule has 0 saturated carbocycles. The molecule has 0 radical (unpaired) electrons. The number of benzene rings is 10. The van der Waals surface area contributed by atoms with Crippen molar-refractivity contribution < 1.29 is 4.42 Å². The lowest BCUT2D eigenvalue weighted by atomic mass is 9.67. The molecular formula is C68H46N2O. The van der Waals surface area contributed by atoms with Crippen molar-refractivity contribution in [1.82, 2.24) is 9.97 Å². The lowest BCUT2D eigenvalue weighted by molar-refractivity contribution is 0.660. The smallest absolute Gasteiger partial charge is 0.160 e. The summed E-state index contributed by atoms with van der Waals surface area (Å²) in [6.07, 6.45) is 0. The van der Waals surface area contributed by atoms with E-state index in [0.717, 1.165) is 61.1 Å². The summed E-state index contributed by atoms with van der Waals surface area (Å²) < 4.78 is 6.17. The van der Waals surface area contributed by atoms with Crippen LogP contribution in [0.25, 0.3) is 100 Å². The van der Waals surface area contributed by atoms with Crippen LogP contribution in [-0.2, 0) is 10.8 Å². The van der Waals surface area contributed by atoms with Crippen LogP contribution in [0.2, 0.25) is 0 Å². The first-order valence-corrected chi connectivity index (χ1v) is 24.5. The molecule has 10 aromatic carbocycles. The first-order valence-electron chi connectivity index (χ1n) is 24.5. The largest absolute Gasteiger partial charge is 0.456 e. The maximum atomic E-state index is 6.17. The summed E-state index contributed by atoms with van der Waals surface area (Å²) in [5.41, 5.74) is 23.4. The zero-order chi connectivity index (χ0) is 47.3. The van der Waals surface area contributed by atoms with Gasteiger partial charge in [-0.25, -0.2) is 9.97 Å². The van der Waals surface area contributed by atoms with Gasteiger partial charge < -0.3 is 4.42 Å². The maximum absolute atomic E-state index is 6.17. The normalized spacial score (nSPS) is 13.7. The molecule has 2 heterocycles. The van der Waals surface area contributed by atoms with Crippen LogP contribution in [-0.4, -0.2) is 9.97 Å². The molecule has 2 aromatic heterocycles. The average Bonchev–Trinajstić information content (AvgIpc) is 4.05. The van der Waals surface area contributed by atoms with Crippen LogP contribution in [0.1, 0.15) is 47.2 Å². The maximum Gasteiger partial charge on any atom is 0.160 e. The SMILES string of the molecule is CC1(C)c2ccccc2-c2c(-c3ccc(-c4nc(-c5ccc(-c6ccc7oc8ccccc8c7c6)cc5)cc(-c5ccc6c(c5)C(c5ccccc5)(c5ccccc5)c5ccccc5-6)n4)cc3)cccc21. The summed E-state index contributed by atoms with van der Waals surface area (Å²) in [4.78, 5) is 10.9. The Morgan fingerprint density at radius 1 is 0.324 bits per heavy atom. The molecule has 0 fully saturated rings. The van der Waals surface area contributed by atoms with Crippen LogP contribution < -0.4 is 0 Å². The van der Waals surface area contributed by atoms with Gasteiger partial charge in [-0.15, -0.1) is 0 Å². The van der Waals surface area contributed by atoms with Crippen LogP contribution in [0.4, 0.5) is 0 Å². The van der Waals surface area contributed by atoms with E-state index in [2.05, 4.69) is 244 Å². The van der Waals surface area contributed by atoms with Gasteiger partial charge in [0.1, 0.15) is 11.2 Å². The summed E-state index contributed by atoms with van der Waals surface area (Å²) >= 11 is 0. The van der Waals surface area contributed by atoms with Crippen molar-refractivity contribution in [2.45, 2.75) is 24.7 Å². The van der Waals surface area contributed by atoms with E-state index in [0.29, 0.717) is 5.82 Å². The fourth-order valence-electron chi connectivity index (χ4n) is 12.0. The van der Waals surface area contributed by atoms with E-state index in [1.807, 2.05) is 12.1 Å². The number of rotatable bonds is 7. The summed E-state index contributed by atoms with van der Waals surface area (Å²) in [6.45, 7) is 4.68. The van der Waals surface area contributed by atoms with Crippen molar-refractivity contribution in [3.8, 4) is 78.4 Å². The number of hydrogen-bond acceptors (Lipinski definition) is 3. The van der Waals surface area contributed by atoms with E-state index in [-0.39, 0.29) is 5.41 Å². The zero-order valence-electron chi connectivity index (χ0n) is 39.4. The second kappa shape index (κ2) is 15.8. The summed E-state index contributed by atoms with van der Waals surface area (Å²) in [5.74, 6) is 0.677. The lowest BCUT2D eigenvalue weighted by Gasteiger charge is -2.34. The number of nitrogens with zero attached hydrogens (tertiary/aromatic N) is 2. The number of furan rings is 1. The molecule has 14 rings (SSSR count). The van der Waals surface area contributed by atoms with E-state index in [1.54, 1.807) is 0 Å². The highest BCUT2D eigenvalue weighted by molar-refractivity contribution is 6.06. The van der Waals surface area contributed by atoms with Crippen molar-refractivity contribution in [2.75, 3.05) is 0 Å². The van der Waals surface area contributed by atoms with Crippen molar-refractivity contribution in [3.05, 3.63) is 276 Å². The van der Waals surface area contributed by atoms with Crippen LogP contribution in [0.3, 0.4) is 0 Å². The molecule has 0 aliphatic heterocycles. The molecular weight excluding hydrogens is 861 g/mol. The standard InChI is InChI=1S/C68H46N2O/c1-67(2)57-24-12-10-22-55(57)65-51(23-15-26-59(65)67)44-30-34-46(35-31-44)66-69-61(45-32-28-43(29-33-45)47-37-39-64-56(40-47)54-21-11-14-27-63(54)71-64)42-62(70-66)48-36-38-53-52-20-9-13-25-58(52)68(60(53)41-48,49-16-5-3-6-17-49)50-18-7-4-8-19-50/h3-42H,1-2H3. The second-order valence-corrected chi connectivity index (χ2v) is 19.6. The van der Waals surface area contributed by atoms with E-state index in [1.165, 1.54) is 66.8 Å². The minimum absolute atomic E-state index is 0.0741. The fraction of sp³-hybridized carbons (Fsp3) is 0.0588. The fourth-order valence-corrected chi connectivity index (χ4v) is 12.0. The average molecular weight is 907 g/mol. The van der Waals surface area contributed by atoms with Gasteiger partial charge in [0.05, 0.1) is 16.8 Å². The van der Waals surface area contributed by atoms with Crippen LogP contribution in [0, 0.1) is 0 Å². The molecule has 334 valence electrons. The van der Waals surface area contributed by atoms with E-state index in [4.69, 9.17) is 14.4 Å². The number of para-hydroxylation sites is 1. The second-order valence-electron chi connectivity index (χ2n) is 19.6. The molecule has 71 heavy (non-hydrogen) atoms. The van der Waals surface area contributed by atoms with Crippen molar-refractivity contribution >= 4 is 21.9 Å². The highest BCUT2D eigenvalue weighted by atomic mass is 16.3. The quantitative estimate of drug-likeness (QED) is 0.160. The summed E-state index contributed by atoms with van der Waals surface area (Å²) in [6, 6.07) is 88.0.